The minimum atomic E-state index is -3.52. The molecular weight excluding hydrogens is 428 g/mol. The summed E-state index contributed by atoms with van der Waals surface area (Å²) in [5.41, 5.74) is 1.51. The van der Waals surface area contributed by atoms with Gasteiger partial charge in [-0.1, -0.05) is 38.1 Å². The van der Waals surface area contributed by atoms with Gasteiger partial charge in [0.1, 0.15) is 5.75 Å². The van der Waals surface area contributed by atoms with E-state index in [0.29, 0.717) is 13.1 Å². The minimum Gasteiger partial charge on any atom is -0.435 e. The summed E-state index contributed by atoms with van der Waals surface area (Å²) < 4.78 is 55.1. The SMILES string of the molecule is CCN(CC)S(=O)(=O)c1ccc(CNC(=O)N(C)Cc2ccc(OC(F)F)cc2)cc1. The third-order valence-corrected chi connectivity index (χ3v) is 6.69. The van der Waals surface area contributed by atoms with Crippen LogP contribution in [0.5, 0.6) is 5.75 Å². The summed E-state index contributed by atoms with van der Waals surface area (Å²) in [4.78, 5) is 14.0. The van der Waals surface area contributed by atoms with Gasteiger partial charge >= 0.3 is 12.6 Å². The molecule has 170 valence electrons. The maximum absolute atomic E-state index is 12.5. The molecule has 0 heterocycles. The summed E-state index contributed by atoms with van der Waals surface area (Å²) in [5.74, 6) is 0.0531. The molecular formula is C21H27F2N3O4S. The summed E-state index contributed by atoms with van der Waals surface area (Å²) in [5, 5.41) is 2.76. The molecule has 0 atom stereocenters. The van der Waals surface area contributed by atoms with Crippen molar-refractivity contribution < 1.29 is 26.7 Å². The Balaban J connectivity index is 1.90. The number of halogens is 2. The molecule has 1 N–H and O–H groups in total. The Hall–Kier alpha value is -2.72. The van der Waals surface area contributed by atoms with Crippen molar-refractivity contribution in [1.29, 1.82) is 0 Å². The van der Waals surface area contributed by atoms with Crippen molar-refractivity contribution in [3.8, 4) is 5.75 Å². The fourth-order valence-corrected chi connectivity index (χ4v) is 4.38. The molecule has 10 heteroatoms. The Morgan fingerprint density at radius 3 is 2.06 bits per heavy atom. The second-order valence-electron chi connectivity index (χ2n) is 6.77. The molecule has 2 aromatic rings. The summed E-state index contributed by atoms with van der Waals surface area (Å²) in [6, 6.07) is 12.1. The third kappa shape index (κ3) is 6.90. The van der Waals surface area contributed by atoms with Crippen molar-refractivity contribution in [2.24, 2.45) is 0 Å². The average Bonchev–Trinajstić information content (AvgIpc) is 2.74. The van der Waals surface area contributed by atoms with Crippen molar-refractivity contribution in [2.75, 3.05) is 20.1 Å². The number of benzene rings is 2. The first-order valence-electron chi connectivity index (χ1n) is 9.79. The predicted molar refractivity (Wildman–Crippen MR) is 113 cm³/mol. The van der Waals surface area contributed by atoms with Crippen LogP contribution in [0.25, 0.3) is 0 Å². The topological polar surface area (TPSA) is 79.0 Å². The van der Waals surface area contributed by atoms with E-state index < -0.39 is 16.6 Å². The molecule has 0 aliphatic carbocycles. The number of hydrogen-bond donors (Lipinski definition) is 1. The quantitative estimate of drug-likeness (QED) is 0.593. The summed E-state index contributed by atoms with van der Waals surface area (Å²) in [7, 11) is -1.91. The van der Waals surface area contributed by atoms with E-state index in [-0.39, 0.29) is 29.8 Å². The Morgan fingerprint density at radius 2 is 1.55 bits per heavy atom. The van der Waals surface area contributed by atoms with E-state index >= 15 is 0 Å². The zero-order valence-corrected chi connectivity index (χ0v) is 18.5. The van der Waals surface area contributed by atoms with Gasteiger partial charge < -0.3 is 15.0 Å². The number of carbonyl (C=O) groups is 1. The molecule has 2 amide bonds. The number of amides is 2. The standard InChI is InChI=1S/C21H27F2N3O4S/c1-4-26(5-2)31(28,29)19-12-8-16(9-13-19)14-24-21(27)25(3)15-17-6-10-18(11-7-17)30-20(22)23/h6-13,20H,4-5,14-15H2,1-3H3,(H,24,27). The van der Waals surface area contributed by atoms with Crippen LogP contribution >= 0.6 is 0 Å². The monoisotopic (exact) mass is 455 g/mol. The number of rotatable bonds is 10. The lowest BCUT2D eigenvalue weighted by Crippen LogP contribution is -2.36. The smallest absolute Gasteiger partial charge is 0.387 e. The Kier molecular flexibility index (Phi) is 8.76. The summed E-state index contributed by atoms with van der Waals surface area (Å²) in [6.07, 6.45) is 0. The van der Waals surface area contributed by atoms with Crippen LogP contribution in [0, 0.1) is 0 Å². The maximum Gasteiger partial charge on any atom is 0.387 e. The molecule has 0 unspecified atom stereocenters. The largest absolute Gasteiger partial charge is 0.435 e. The van der Waals surface area contributed by atoms with Crippen molar-refractivity contribution in [3.63, 3.8) is 0 Å². The number of urea groups is 1. The molecule has 0 radical (unpaired) electrons. The van der Waals surface area contributed by atoms with Crippen LogP contribution in [0.4, 0.5) is 13.6 Å². The van der Waals surface area contributed by atoms with Crippen LogP contribution in [0.3, 0.4) is 0 Å². The van der Waals surface area contributed by atoms with Crippen molar-refractivity contribution in [1.82, 2.24) is 14.5 Å². The van der Waals surface area contributed by atoms with Gasteiger partial charge in [-0.3, -0.25) is 0 Å². The Morgan fingerprint density at radius 1 is 1.00 bits per heavy atom. The molecule has 2 aromatic carbocycles. The van der Waals surface area contributed by atoms with Crippen LogP contribution in [0.2, 0.25) is 0 Å². The predicted octanol–water partition coefficient (Wildman–Crippen LogP) is 3.66. The van der Waals surface area contributed by atoms with Crippen LogP contribution in [0.15, 0.2) is 53.4 Å². The fraction of sp³-hybridized carbons (Fsp3) is 0.381. The molecule has 2 rings (SSSR count). The van der Waals surface area contributed by atoms with Gasteiger partial charge in [0.2, 0.25) is 10.0 Å². The number of carbonyl (C=O) groups excluding carboxylic acids is 1. The van der Waals surface area contributed by atoms with E-state index in [4.69, 9.17) is 0 Å². The molecule has 0 bridgehead atoms. The second kappa shape index (κ2) is 11.1. The highest BCUT2D eigenvalue weighted by Gasteiger charge is 2.21. The van der Waals surface area contributed by atoms with E-state index in [1.165, 1.54) is 33.5 Å². The molecule has 0 saturated carbocycles. The van der Waals surface area contributed by atoms with Gasteiger partial charge in [0, 0.05) is 33.2 Å². The van der Waals surface area contributed by atoms with Gasteiger partial charge in [0.05, 0.1) is 4.90 Å². The lowest BCUT2D eigenvalue weighted by molar-refractivity contribution is -0.0498. The normalized spacial score (nSPS) is 11.6. The first-order chi connectivity index (χ1) is 14.7. The van der Waals surface area contributed by atoms with Crippen LogP contribution < -0.4 is 10.1 Å². The molecule has 31 heavy (non-hydrogen) atoms. The summed E-state index contributed by atoms with van der Waals surface area (Å²) in [6.45, 7) is 1.99. The van der Waals surface area contributed by atoms with E-state index in [0.717, 1.165) is 11.1 Å². The van der Waals surface area contributed by atoms with E-state index in [2.05, 4.69) is 10.1 Å². The van der Waals surface area contributed by atoms with E-state index in [9.17, 15) is 22.0 Å². The number of nitrogens with one attached hydrogen (secondary N) is 1. The van der Waals surface area contributed by atoms with E-state index in [1.807, 2.05) is 0 Å². The molecule has 0 aromatic heterocycles. The van der Waals surface area contributed by atoms with Crippen molar-refractivity contribution in [3.05, 3.63) is 59.7 Å². The van der Waals surface area contributed by atoms with Crippen LogP contribution in [0.1, 0.15) is 25.0 Å². The minimum absolute atomic E-state index is 0.0531. The average molecular weight is 456 g/mol. The van der Waals surface area contributed by atoms with Crippen LogP contribution in [-0.2, 0) is 23.1 Å². The van der Waals surface area contributed by atoms with Crippen LogP contribution in [-0.4, -0.2) is 50.4 Å². The number of hydrogen-bond acceptors (Lipinski definition) is 4. The molecule has 0 saturated heterocycles. The molecule has 0 spiro atoms. The molecule has 0 fully saturated rings. The number of alkyl halides is 2. The zero-order chi connectivity index (χ0) is 23.0. The number of sulfonamides is 1. The Labute approximate surface area is 181 Å². The number of ether oxygens (including phenoxy) is 1. The van der Waals surface area contributed by atoms with Gasteiger partial charge in [0.25, 0.3) is 0 Å². The first-order valence-corrected chi connectivity index (χ1v) is 11.2. The lowest BCUT2D eigenvalue weighted by atomic mass is 10.2. The van der Waals surface area contributed by atoms with Gasteiger partial charge in [0.15, 0.2) is 0 Å². The molecule has 7 nitrogen and oxygen atoms in total. The highest BCUT2D eigenvalue weighted by molar-refractivity contribution is 7.89. The zero-order valence-electron chi connectivity index (χ0n) is 17.7. The highest BCUT2D eigenvalue weighted by Crippen LogP contribution is 2.17. The fourth-order valence-electron chi connectivity index (χ4n) is 2.93. The molecule has 0 aliphatic rings. The van der Waals surface area contributed by atoms with E-state index in [1.54, 1.807) is 45.2 Å². The van der Waals surface area contributed by atoms with Crippen molar-refractivity contribution >= 4 is 16.1 Å². The van der Waals surface area contributed by atoms with Crippen molar-refractivity contribution in [2.45, 2.75) is 38.4 Å². The lowest BCUT2D eigenvalue weighted by Gasteiger charge is -2.19. The van der Waals surface area contributed by atoms with Gasteiger partial charge in [-0.15, -0.1) is 0 Å². The highest BCUT2D eigenvalue weighted by atomic mass is 32.2. The van der Waals surface area contributed by atoms with Gasteiger partial charge in [-0.05, 0) is 35.4 Å². The van der Waals surface area contributed by atoms with Gasteiger partial charge in [-0.2, -0.15) is 13.1 Å². The first kappa shape index (κ1) is 24.5. The van der Waals surface area contributed by atoms with Gasteiger partial charge in [-0.25, -0.2) is 13.2 Å². The second-order valence-corrected chi connectivity index (χ2v) is 8.71. The number of nitrogens with zero attached hydrogens (tertiary/aromatic N) is 2. The maximum atomic E-state index is 12.5. The molecule has 0 aliphatic heterocycles. The third-order valence-electron chi connectivity index (χ3n) is 4.63. The summed E-state index contributed by atoms with van der Waals surface area (Å²) >= 11 is 0. The Bertz CT molecular complexity index is 948.